The lowest BCUT2D eigenvalue weighted by Gasteiger charge is -2.20. The van der Waals surface area contributed by atoms with Crippen molar-refractivity contribution in [3.8, 4) is 11.5 Å². The molecule has 0 spiro atoms. The second kappa shape index (κ2) is 10.6. The van der Waals surface area contributed by atoms with Crippen LogP contribution in [-0.4, -0.2) is 39.2 Å². The highest BCUT2D eigenvalue weighted by atomic mass is 16.5. The second-order valence-corrected chi connectivity index (χ2v) is 5.65. The van der Waals surface area contributed by atoms with Crippen LogP contribution in [0.15, 0.2) is 67.3 Å². The third-order valence-corrected chi connectivity index (χ3v) is 3.85. The average Bonchev–Trinajstić information content (AvgIpc) is 2.74. The van der Waals surface area contributed by atoms with Gasteiger partial charge in [0.05, 0.1) is 14.2 Å². The summed E-state index contributed by atoms with van der Waals surface area (Å²) in [5, 5.41) is 0. The van der Waals surface area contributed by atoms with Gasteiger partial charge in [0.25, 0.3) is 5.91 Å². The van der Waals surface area contributed by atoms with Gasteiger partial charge < -0.3 is 19.1 Å². The minimum atomic E-state index is -0.634. The van der Waals surface area contributed by atoms with Gasteiger partial charge in [-0.05, 0) is 24.3 Å². The Hall–Kier alpha value is -3.54. The molecule has 1 amide bonds. The number of methoxy groups -OCH3 is 2. The van der Waals surface area contributed by atoms with Gasteiger partial charge in [-0.2, -0.15) is 0 Å². The highest BCUT2D eigenvalue weighted by molar-refractivity contribution is 5.96. The standard InChI is InChI=1S/C22H23NO5/c1-4-15-23(18-10-6-5-7-11-18)20(24)16-28-21(25)14-13-17-9-8-12-19(26-2)22(17)27-3/h4-14H,1,15-16H2,2-3H3/b14-13+. The maximum absolute atomic E-state index is 12.4. The summed E-state index contributed by atoms with van der Waals surface area (Å²) >= 11 is 0. The normalized spacial score (nSPS) is 10.4. The van der Waals surface area contributed by atoms with E-state index in [4.69, 9.17) is 14.2 Å². The van der Waals surface area contributed by atoms with Gasteiger partial charge in [-0.3, -0.25) is 4.79 Å². The molecule has 0 N–H and O–H groups in total. The van der Waals surface area contributed by atoms with Crippen molar-refractivity contribution in [1.29, 1.82) is 0 Å². The zero-order valence-electron chi connectivity index (χ0n) is 16.0. The molecule has 0 aromatic heterocycles. The van der Waals surface area contributed by atoms with Crippen LogP contribution >= 0.6 is 0 Å². The Morgan fingerprint density at radius 2 is 1.79 bits per heavy atom. The number of rotatable bonds is 9. The summed E-state index contributed by atoms with van der Waals surface area (Å²) < 4.78 is 15.6. The molecule has 0 heterocycles. The van der Waals surface area contributed by atoms with Crippen molar-refractivity contribution in [3.63, 3.8) is 0 Å². The molecule has 146 valence electrons. The zero-order valence-corrected chi connectivity index (χ0v) is 16.0. The molecule has 0 atom stereocenters. The summed E-state index contributed by atoms with van der Waals surface area (Å²) in [7, 11) is 3.05. The van der Waals surface area contributed by atoms with Crippen molar-refractivity contribution in [1.82, 2.24) is 0 Å². The Kier molecular flexibility index (Phi) is 7.84. The van der Waals surface area contributed by atoms with Crippen molar-refractivity contribution < 1.29 is 23.8 Å². The van der Waals surface area contributed by atoms with E-state index in [1.54, 1.807) is 42.5 Å². The Labute approximate surface area is 164 Å². The van der Waals surface area contributed by atoms with E-state index in [0.29, 0.717) is 29.3 Å². The van der Waals surface area contributed by atoms with Crippen LogP contribution in [0.25, 0.3) is 6.08 Å². The van der Waals surface area contributed by atoms with E-state index in [2.05, 4.69) is 6.58 Å². The first-order valence-electron chi connectivity index (χ1n) is 8.62. The number of esters is 1. The van der Waals surface area contributed by atoms with Crippen molar-refractivity contribution >= 4 is 23.6 Å². The predicted octanol–water partition coefficient (Wildman–Crippen LogP) is 3.48. The third-order valence-electron chi connectivity index (χ3n) is 3.85. The Morgan fingerprint density at radius 1 is 1.04 bits per heavy atom. The highest BCUT2D eigenvalue weighted by Crippen LogP contribution is 2.31. The molecule has 2 aromatic carbocycles. The van der Waals surface area contributed by atoms with Crippen LogP contribution in [0.1, 0.15) is 5.56 Å². The first kappa shape index (κ1) is 20.8. The summed E-state index contributed by atoms with van der Waals surface area (Å²) in [4.78, 5) is 26.0. The Balaban J connectivity index is 2.00. The van der Waals surface area contributed by atoms with Crippen molar-refractivity contribution in [3.05, 3.63) is 72.8 Å². The molecule has 2 aromatic rings. The number of carbonyl (C=O) groups excluding carboxylic acids is 2. The number of hydrogen-bond donors (Lipinski definition) is 0. The number of carbonyl (C=O) groups is 2. The number of amides is 1. The molecule has 0 saturated carbocycles. The van der Waals surface area contributed by atoms with Gasteiger partial charge in [0, 0.05) is 23.9 Å². The molecular formula is C22H23NO5. The van der Waals surface area contributed by atoms with Crippen LogP contribution in [0.4, 0.5) is 5.69 Å². The lowest BCUT2D eigenvalue weighted by atomic mass is 10.1. The lowest BCUT2D eigenvalue weighted by molar-refractivity contribution is -0.142. The van der Waals surface area contributed by atoms with E-state index in [1.165, 1.54) is 25.2 Å². The molecule has 6 heteroatoms. The van der Waals surface area contributed by atoms with Crippen LogP contribution in [0.5, 0.6) is 11.5 Å². The minimum Gasteiger partial charge on any atom is -0.493 e. The second-order valence-electron chi connectivity index (χ2n) is 5.65. The Morgan fingerprint density at radius 3 is 2.43 bits per heavy atom. The fourth-order valence-corrected chi connectivity index (χ4v) is 2.55. The summed E-state index contributed by atoms with van der Waals surface area (Å²) in [6, 6.07) is 14.4. The van der Waals surface area contributed by atoms with Gasteiger partial charge in [0.1, 0.15) is 0 Å². The van der Waals surface area contributed by atoms with Gasteiger partial charge >= 0.3 is 5.97 Å². The summed E-state index contributed by atoms with van der Waals surface area (Å²) in [6.45, 7) is 3.61. The summed E-state index contributed by atoms with van der Waals surface area (Å²) in [5.41, 5.74) is 1.36. The van der Waals surface area contributed by atoms with E-state index in [1.807, 2.05) is 18.2 Å². The zero-order chi connectivity index (χ0) is 20.4. The molecule has 0 saturated heterocycles. The van der Waals surface area contributed by atoms with Crippen LogP contribution in [0, 0.1) is 0 Å². The molecule has 0 unspecified atom stereocenters. The fourth-order valence-electron chi connectivity index (χ4n) is 2.55. The summed E-state index contributed by atoms with van der Waals surface area (Å²) in [6.07, 6.45) is 4.40. The predicted molar refractivity (Wildman–Crippen MR) is 109 cm³/mol. The third kappa shape index (κ3) is 5.48. The number of nitrogens with zero attached hydrogens (tertiary/aromatic N) is 1. The molecule has 6 nitrogen and oxygen atoms in total. The maximum atomic E-state index is 12.4. The number of hydrogen-bond acceptors (Lipinski definition) is 5. The van der Waals surface area contributed by atoms with Crippen molar-refractivity contribution in [2.24, 2.45) is 0 Å². The smallest absolute Gasteiger partial charge is 0.331 e. The molecule has 28 heavy (non-hydrogen) atoms. The highest BCUT2D eigenvalue weighted by Gasteiger charge is 2.16. The molecule has 0 aliphatic heterocycles. The Bertz CT molecular complexity index is 845. The van der Waals surface area contributed by atoms with E-state index in [-0.39, 0.29) is 12.5 Å². The van der Waals surface area contributed by atoms with Gasteiger partial charge in [0.15, 0.2) is 18.1 Å². The van der Waals surface area contributed by atoms with Gasteiger partial charge in [-0.15, -0.1) is 6.58 Å². The van der Waals surface area contributed by atoms with Crippen LogP contribution in [-0.2, 0) is 14.3 Å². The molecule has 0 aliphatic carbocycles. The van der Waals surface area contributed by atoms with E-state index < -0.39 is 5.97 Å². The lowest BCUT2D eigenvalue weighted by Crippen LogP contribution is -2.34. The molecule has 0 radical (unpaired) electrons. The van der Waals surface area contributed by atoms with E-state index >= 15 is 0 Å². The van der Waals surface area contributed by atoms with Crippen LogP contribution < -0.4 is 14.4 Å². The van der Waals surface area contributed by atoms with E-state index in [9.17, 15) is 9.59 Å². The van der Waals surface area contributed by atoms with E-state index in [0.717, 1.165) is 0 Å². The minimum absolute atomic E-state index is 0.317. The van der Waals surface area contributed by atoms with Gasteiger partial charge in [-0.1, -0.05) is 36.4 Å². The first-order chi connectivity index (χ1) is 13.6. The number of anilines is 1. The topological polar surface area (TPSA) is 65.1 Å². The molecule has 0 aliphatic rings. The van der Waals surface area contributed by atoms with Gasteiger partial charge in [-0.25, -0.2) is 4.79 Å². The number of ether oxygens (including phenoxy) is 3. The summed E-state index contributed by atoms with van der Waals surface area (Å²) in [5.74, 6) is 0.0825. The largest absolute Gasteiger partial charge is 0.493 e. The number of benzene rings is 2. The maximum Gasteiger partial charge on any atom is 0.331 e. The van der Waals surface area contributed by atoms with Crippen molar-refractivity contribution in [2.75, 3.05) is 32.3 Å². The quantitative estimate of drug-likeness (QED) is 0.378. The SMILES string of the molecule is C=CCN(C(=O)COC(=O)/C=C/c1cccc(OC)c1OC)c1ccccc1. The molecule has 0 bridgehead atoms. The monoisotopic (exact) mass is 381 g/mol. The first-order valence-corrected chi connectivity index (χ1v) is 8.62. The molecule has 2 rings (SSSR count). The number of para-hydroxylation sites is 2. The molecule has 0 fully saturated rings. The van der Waals surface area contributed by atoms with Crippen molar-refractivity contribution in [2.45, 2.75) is 0 Å². The fraction of sp³-hybridized carbons (Fsp3) is 0.182. The van der Waals surface area contributed by atoms with Gasteiger partial charge in [0.2, 0.25) is 0 Å². The average molecular weight is 381 g/mol. The van der Waals surface area contributed by atoms with Crippen LogP contribution in [0.3, 0.4) is 0 Å². The molecular weight excluding hydrogens is 358 g/mol. The van der Waals surface area contributed by atoms with Crippen LogP contribution in [0.2, 0.25) is 0 Å².